The van der Waals surface area contributed by atoms with Gasteiger partial charge in [-0.05, 0) is 73.5 Å². The lowest BCUT2D eigenvalue weighted by molar-refractivity contribution is 0.466. The lowest BCUT2D eigenvalue weighted by atomic mass is 9.86. The number of hydrogen-bond acceptors (Lipinski definition) is 1. The second-order valence-electron chi connectivity index (χ2n) is 11.4. The molecule has 0 amide bonds. The van der Waals surface area contributed by atoms with Crippen LogP contribution in [0.2, 0.25) is 0 Å². The Morgan fingerprint density at radius 2 is 1.20 bits per heavy atom. The Bertz CT molecular complexity index is 2290. The molecular weight excluding hydrogens is 488 g/mol. The average Bonchev–Trinajstić information content (AvgIpc) is 3.69. The minimum atomic E-state index is -0.191. The van der Waals surface area contributed by atoms with Crippen molar-refractivity contribution in [2.45, 2.75) is 19.3 Å². The van der Waals surface area contributed by atoms with Crippen molar-refractivity contribution in [3.05, 3.63) is 133 Å². The van der Waals surface area contributed by atoms with Crippen molar-refractivity contribution in [2.75, 3.05) is 0 Å². The van der Waals surface area contributed by atoms with Crippen LogP contribution >= 0.6 is 0 Å². The summed E-state index contributed by atoms with van der Waals surface area (Å²) in [4.78, 5) is 0. The van der Waals surface area contributed by atoms with Gasteiger partial charge in [0.25, 0.3) is 0 Å². The molecule has 5 aromatic carbocycles. The molecule has 9 rings (SSSR count). The van der Waals surface area contributed by atoms with Gasteiger partial charge in [0.1, 0.15) is 11.3 Å². The third-order valence-corrected chi connectivity index (χ3v) is 8.86. The second kappa shape index (κ2) is 7.55. The summed E-state index contributed by atoms with van der Waals surface area (Å²) in [6, 6.07) is 43.6. The molecule has 3 nitrogen and oxygen atoms in total. The minimum Gasteiger partial charge on any atom is -0.457 e. The lowest BCUT2D eigenvalue weighted by Crippen LogP contribution is -2.14. The molecule has 0 unspecified atom stereocenters. The first-order chi connectivity index (χ1) is 19.6. The smallest absolute Gasteiger partial charge is 0.161 e. The Morgan fingerprint density at radius 1 is 0.550 bits per heavy atom. The van der Waals surface area contributed by atoms with Crippen LogP contribution in [0.1, 0.15) is 25.2 Å². The Labute approximate surface area is 231 Å². The maximum absolute atomic E-state index is 6.82. The molecule has 0 saturated heterocycles. The molecule has 0 aliphatic heterocycles. The number of furan rings is 1. The predicted molar refractivity (Wildman–Crippen MR) is 165 cm³/mol. The van der Waals surface area contributed by atoms with Gasteiger partial charge in [-0.1, -0.05) is 72.8 Å². The van der Waals surface area contributed by atoms with Crippen molar-refractivity contribution in [2.24, 2.45) is 0 Å². The number of fused-ring (bicyclic) bond motifs is 10. The van der Waals surface area contributed by atoms with Crippen LogP contribution in [0.15, 0.2) is 126 Å². The molecule has 0 saturated carbocycles. The van der Waals surface area contributed by atoms with Crippen LogP contribution in [0.25, 0.3) is 66.3 Å². The molecule has 40 heavy (non-hydrogen) atoms. The standard InChI is InChI=1S/C37H26N2O/c1-37(2)29-17-9-6-15-26(29)33-34-35(40-36(33)37)27-16-8-11-19-31(27)39(34)24-20-21-32-28(22-24)25-14-7-10-18-30(25)38(32)23-12-4-3-5-13-23/h3-22H,1-2H3. The molecule has 3 aromatic heterocycles. The highest BCUT2D eigenvalue weighted by Gasteiger charge is 2.42. The van der Waals surface area contributed by atoms with Crippen molar-refractivity contribution in [1.82, 2.24) is 9.13 Å². The average molecular weight is 515 g/mol. The van der Waals surface area contributed by atoms with Crippen LogP contribution in [0.3, 0.4) is 0 Å². The quantitative estimate of drug-likeness (QED) is 0.225. The summed E-state index contributed by atoms with van der Waals surface area (Å²) in [5, 5.41) is 3.63. The summed E-state index contributed by atoms with van der Waals surface area (Å²) >= 11 is 0. The minimum absolute atomic E-state index is 0.191. The monoisotopic (exact) mass is 514 g/mol. The van der Waals surface area contributed by atoms with E-state index in [2.05, 4.69) is 144 Å². The molecule has 0 atom stereocenters. The van der Waals surface area contributed by atoms with E-state index in [1.54, 1.807) is 0 Å². The SMILES string of the molecule is CC1(C)c2ccccc2-c2c1oc1c3ccccc3n(-c3ccc4c(c3)c3ccccc3n4-c3ccccc3)c21. The normalized spacial score (nSPS) is 13.9. The highest BCUT2D eigenvalue weighted by atomic mass is 16.3. The van der Waals surface area contributed by atoms with Gasteiger partial charge in [-0.3, -0.25) is 0 Å². The maximum atomic E-state index is 6.82. The van der Waals surface area contributed by atoms with Crippen molar-refractivity contribution in [3.63, 3.8) is 0 Å². The molecule has 190 valence electrons. The first-order valence-electron chi connectivity index (χ1n) is 13.9. The van der Waals surface area contributed by atoms with Crippen molar-refractivity contribution < 1.29 is 4.42 Å². The molecule has 8 aromatic rings. The number of para-hydroxylation sites is 3. The molecule has 0 fully saturated rings. The highest BCUT2D eigenvalue weighted by Crippen LogP contribution is 2.54. The molecule has 0 bridgehead atoms. The van der Waals surface area contributed by atoms with Gasteiger partial charge in [0, 0.05) is 38.5 Å². The Morgan fingerprint density at radius 3 is 2.02 bits per heavy atom. The van der Waals surface area contributed by atoms with Gasteiger partial charge in [0.05, 0.1) is 16.6 Å². The van der Waals surface area contributed by atoms with Gasteiger partial charge < -0.3 is 13.6 Å². The lowest BCUT2D eigenvalue weighted by Gasteiger charge is -2.18. The van der Waals surface area contributed by atoms with Crippen molar-refractivity contribution >= 4 is 43.8 Å². The van der Waals surface area contributed by atoms with Gasteiger partial charge in [0.15, 0.2) is 5.58 Å². The van der Waals surface area contributed by atoms with E-state index < -0.39 is 0 Å². The molecular formula is C37H26N2O. The first kappa shape index (κ1) is 21.9. The number of hydrogen-bond donors (Lipinski definition) is 0. The van der Waals surface area contributed by atoms with Crippen LogP contribution in [-0.4, -0.2) is 9.13 Å². The molecule has 3 heterocycles. The van der Waals surface area contributed by atoms with Crippen LogP contribution in [0.5, 0.6) is 0 Å². The zero-order chi connectivity index (χ0) is 26.6. The molecule has 1 aliphatic rings. The van der Waals surface area contributed by atoms with Crippen LogP contribution in [-0.2, 0) is 5.41 Å². The summed E-state index contributed by atoms with van der Waals surface area (Å²) in [6.07, 6.45) is 0. The van der Waals surface area contributed by atoms with Gasteiger partial charge >= 0.3 is 0 Å². The third kappa shape index (κ3) is 2.64. The zero-order valence-corrected chi connectivity index (χ0v) is 22.3. The highest BCUT2D eigenvalue weighted by molar-refractivity contribution is 6.14. The number of rotatable bonds is 2. The summed E-state index contributed by atoms with van der Waals surface area (Å²) in [7, 11) is 0. The van der Waals surface area contributed by atoms with Crippen LogP contribution < -0.4 is 0 Å². The largest absolute Gasteiger partial charge is 0.457 e. The predicted octanol–water partition coefficient (Wildman–Crippen LogP) is 9.78. The maximum Gasteiger partial charge on any atom is 0.161 e. The van der Waals surface area contributed by atoms with E-state index in [1.807, 2.05) is 0 Å². The molecule has 3 heteroatoms. The fourth-order valence-electron chi connectivity index (χ4n) is 7.08. The van der Waals surface area contributed by atoms with E-state index in [0.29, 0.717) is 0 Å². The third-order valence-electron chi connectivity index (χ3n) is 8.86. The molecule has 0 spiro atoms. The number of aromatic nitrogens is 2. The Hall–Kier alpha value is -5.02. The van der Waals surface area contributed by atoms with Gasteiger partial charge in [-0.15, -0.1) is 0 Å². The molecule has 1 aliphatic carbocycles. The van der Waals surface area contributed by atoms with Crippen molar-refractivity contribution in [1.29, 1.82) is 0 Å². The van der Waals surface area contributed by atoms with Gasteiger partial charge in [-0.2, -0.15) is 0 Å². The van der Waals surface area contributed by atoms with Gasteiger partial charge in [0.2, 0.25) is 0 Å². The van der Waals surface area contributed by atoms with E-state index in [1.165, 1.54) is 44.2 Å². The Balaban J connectivity index is 1.41. The summed E-state index contributed by atoms with van der Waals surface area (Å²) in [5.41, 5.74) is 11.6. The summed E-state index contributed by atoms with van der Waals surface area (Å²) < 4.78 is 11.6. The van der Waals surface area contributed by atoms with E-state index >= 15 is 0 Å². The van der Waals surface area contributed by atoms with E-state index in [9.17, 15) is 0 Å². The fraction of sp³-hybridized carbons (Fsp3) is 0.0811. The van der Waals surface area contributed by atoms with E-state index in [4.69, 9.17) is 4.42 Å². The van der Waals surface area contributed by atoms with Crippen molar-refractivity contribution in [3.8, 4) is 22.5 Å². The first-order valence-corrected chi connectivity index (χ1v) is 13.9. The van der Waals surface area contributed by atoms with Crippen LogP contribution in [0.4, 0.5) is 0 Å². The fourth-order valence-corrected chi connectivity index (χ4v) is 7.08. The second-order valence-corrected chi connectivity index (χ2v) is 11.4. The van der Waals surface area contributed by atoms with E-state index in [0.717, 1.165) is 33.5 Å². The zero-order valence-electron chi connectivity index (χ0n) is 22.3. The molecule has 0 N–H and O–H groups in total. The number of benzene rings is 5. The van der Waals surface area contributed by atoms with Gasteiger partial charge in [-0.25, -0.2) is 0 Å². The molecule has 0 radical (unpaired) electrons. The Kier molecular flexibility index (Phi) is 4.13. The van der Waals surface area contributed by atoms with Crippen LogP contribution in [0, 0.1) is 0 Å². The number of nitrogens with zero attached hydrogens (tertiary/aromatic N) is 2. The summed E-state index contributed by atoms with van der Waals surface area (Å²) in [6.45, 7) is 4.55. The topological polar surface area (TPSA) is 23.0 Å². The summed E-state index contributed by atoms with van der Waals surface area (Å²) in [5.74, 6) is 1.06. The van der Waals surface area contributed by atoms with E-state index in [-0.39, 0.29) is 5.41 Å².